The Balaban J connectivity index is 0.00000131. The number of benzene rings is 2. The Morgan fingerprint density at radius 2 is 1.70 bits per heavy atom. The van der Waals surface area contributed by atoms with Crippen LogP contribution < -0.4 is 10.1 Å². The number of hydrogen-bond donors (Lipinski definition) is 2. The summed E-state index contributed by atoms with van der Waals surface area (Å²) in [5.74, 6) is 2.06. The van der Waals surface area contributed by atoms with Gasteiger partial charge in [-0.15, -0.1) is 24.8 Å². The van der Waals surface area contributed by atoms with E-state index in [9.17, 15) is 5.11 Å². The van der Waals surface area contributed by atoms with Crippen molar-refractivity contribution >= 4 is 24.8 Å². The fraction of sp³-hybridized carbons (Fsp3) is 0.429. The van der Waals surface area contributed by atoms with Crippen LogP contribution in [0.5, 0.6) is 11.5 Å². The molecule has 148 valence electrons. The van der Waals surface area contributed by atoms with E-state index in [0.717, 1.165) is 57.1 Å². The maximum absolute atomic E-state index is 10.8. The molecule has 2 N–H and O–H groups in total. The van der Waals surface area contributed by atoms with E-state index in [1.807, 2.05) is 42.5 Å². The maximum atomic E-state index is 10.8. The van der Waals surface area contributed by atoms with Crippen molar-refractivity contribution in [3.8, 4) is 11.5 Å². The van der Waals surface area contributed by atoms with Crippen molar-refractivity contribution in [2.45, 2.75) is 25.0 Å². The molecule has 0 aromatic heterocycles. The third-order valence-corrected chi connectivity index (χ3v) is 5.53. The summed E-state index contributed by atoms with van der Waals surface area (Å²) in [7, 11) is 0. The van der Waals surface area contributed by atoms with Crippen LogP contribution in [-0.4, -0.2) is 41.8 Å². The topological polar surface area (TPSA) is 44.7 Å². The average Bonchev–Trinajstić information content (AvgIpc) is 2.64. The van der Waals surface area contributed by atoms with E-state index in [0.29, 0.717) is 5.92 Å². The van der Waals surface area contributed by atoms with E-state index < -0.39 is 5.60 Å². The molecule has 4 rings (SSSR count). The predicted octanol–water partition coefficient (Wildman–Crippen LogP) is 3.87. The summed E-state index contributed by atoms with van der Waals surface area (Å²) in [6.45, 7) is 4.73. The molecule has 0 bridgehead atoms. The van der Waals surface area contributed by atoms with Crippen molar-refractivity contribution in [2.24, 2.45) is 5.92 Å². The van der Waals surface area contributed by atoms with E-state index in [-0.39, 0.29) is 24.8 Å². The van der Waals surface area contributed by atoms with E-state index in [1.165, 1.54) is 5.56 Å². The SMILES string of the molecule is Cl.Cl.O[C@]12CCNC[C@H]1CN(Cc1ccc(Oc3ccccc3)cc1)CC2. The first-order valence-corrected chi connectivity index (χ1v) is 9.19. The number of hydrogen-bond acceptors (Lipinski definition) is 4. The van der Waals surface area contributed by atoms with Gasteiger partial charge in [0.25, 0.3) is 0 Å². The lowest BCUT2D eigenvalue weighted by atomic mass is 9.76. The fourth-order valence-electron chi connectivity index (χ4n) is 3.98. The van der Waals surface area contributed by atoms with Crippen molar-refractivity contribution in [2.75, 3.05) is 26.2 Å². The van der Waals surface area contributed by atoms with Gasteiger partial charge in [0.2, 0.25) is 0 Å². The standard InChI is InChI=1S/C21H26N2O2.2ClH/c24-21-10-12-22-14-18(21)16-23(13-11-21)15-17-6-8-20(9-7-17)25-19-4-2-1-3-5-19;;/h1-9,18,22,24H,10-16H2;2*1H/t18-,21-;;/m0../s1. The Labute approximate surface area is 173 Å². The minimum atomic E-state index is -0.449. The summed E-state index contributed by atoms with van der Waals surface area (Å²) >= 11 is 0. The number of rotatable bonds is 4. The molecule has 0 amide bonds. The Morgan fingerprint density at radius 3 is 2.44 bits per heavy atom. The van der Waals surface area contributed by atoms with Crippen LogP contribution in [0.4, 0.5) is 0 Å². The third kappa shape index (κ3) is 5.37. The molecule has 2 saturated heterocycles. The zero-order valence-electron chi connectivity index (χ0n) is 15.3. The van der Waals surface area contributed by atoms with Crippen molar-refractivity contribution in [1.29, 1.82) is 0 Å². The number of halogens is 2. The minimum Gasteiger partial charge on any atom is -0.457 e. The van der Waals surface area contributed by atoms with Gasteiger partial charge in [-0.2, -0.15) is 0 Å². The highest BCUT2D eigenvalue weighted by atomic mass is 35.5. The molecule has 2 aliphatic heterocycles. The lowest BCUT2D eigenvalue weighted by Gasteiger charge is -2.47. The smallest absolute Gasteiger partial charge is 0.127 e. The molecule has 2 fully saturated rings. The number of para-hydroxylation sites is 1. The molecule has 2 atom stereocenters. The maximum Gasteiger partial charge on any atom is 0.127 e. The first-order chi connectivity index (χ1) is 12.2. The first kappa shape index (κ1) is 22.0. The molecule has 0 spiro atoms. The molecule has 6 heteroatoms. The van der Waals surface area contributed by atoms with Crippen LogP contribution in [0, 0.1) is 5.92 Å². The molecular formula is C21H28Cl2N2O2. The summed E-state index contributed by atoms with van der Waals surface area (Å²) in [4.78, 5) is 2.46. The first-order valence-electron chi connectivity index (χ1n) is 9.19. The molecular weight excluding hydrogens is 383 g/mol. The minimum absolute atomic E-state index is 0. The average molecular weight is 411 g/mol. The number of fused-ring (bicyclic) bond motifs is 1. The van der Waals surface area contributed by atoms with Gasteiger partial charge in [0.1, 0.15) is 11.5 Å². The van der Waals surface area contributed by atoms with Crippen LogP contribution in [0.2, 0.25) is 0 Å². The van der Waals surface area contributed by atoms with Crippen LogP contribution in [0.25, 0.3) is 0 Å². The van der Waals surface area contributed by atoms with Gasteiger partial charge in [-0.3, -0.25) is 4.90 Å². The zero-order chi connectivity index (χ0) is 17.1. The number of likely N-dealkylation sites (tertiary alicyclic amines) is 1. The van der Waals surface area contributed by atoms with Crippen molar-refractivity contribution < 1.29 is 9.84 Å². The molecule has 2 heterocycles. The summed E-state index contributed by atoms with van der Waals surface area (Å²) in [5, 5.41) is 14.2. The van der Waals surface area contributed by atoms with Crippen molar-refractivity contribution in [1.82, 2.24) is 10.2 Å². The third-order valence-electron chi connectivity index (χ3n) is 5.53. The highest BCUT2D eigenvalue weighted by molar-refractivity contribution is 5.85. The normalized spacial score (nSPS) is 24.9. The second-order valence-electron chi connectivity index (χ2n) is 7.30. The van der Waals surface area contributed by atoms with Crippen LogP contribution in [0.3, 0.4) is 0 Å². The van der Waals surface area contributed by atoms with Gasteiger partial charge in [-0.05, 0) is 49.2 Å². The summed E-state index contributed by atoms with van der Waals surface area (Å²) in [6.07, 6.45) is 1.77. The number of nitrogens with zero attached hydrogens (tertiary/aromatic N) is 1. The molecule has 2 aromatic carbocycles. The molecule has 0 radical (unpaired) electrons. The van der Waals surface area contributed by atoms with E-state index in [2.05, 4.69) is 22.3 Å². The highest BCUT2D eigenvalue weighted by Crippen LogP contribution is 2.33. The molecule has 0 saturated carbocycles. The van der Waals surface area contributed by atoms with Crippen molar-refractivity contribution in [3.63, 3.8) is 0 Å². The second-order valence-corrected chi connectivity index (χ2v) is 7.30. The van der Waals surface area contributed by atoms with Gasteiger partial charge in [-0.1, -0.05) is 30.3 Å². The number of nitrogens with one attached hydrogen (secondary N) is 1. The van der Waals surface area contributed by atoms with E-state index in [1.54, 1.807) is 0 Å². The number of ether oxygens (including phenoxy) is 1. The van der Waals surface area contributed by atoms with E-state index >= 15 is 0 Å². The Morgan fingerprint density at radius 1 is 1.00 bits per heavy atom. The number of aliphatic hydroxyl groups is 1. The van der Waals surface area contributed by atoms with E-state index in [4.69, 9.17) is 4.74 Å². The number of piperidine rings is 2. The quantitative estimate of drug-likeness (QED) is 0.802. The van der Waals surface area contributed by atoms with Gasteiger partial charge in [0.05, 0.1) is 5.60 Å². The van der Waals surface area contributed by atoms with Gasteiger partial charge in [0, 0.05) is 32.1 Å². The summed E-state index contributed by atoms with van der Waals surface area (Å²) in [6, 6.07) is 18.2. The lowest BCUT2D eigenvalue weighted by molar-refractivity contribution is -0.0899. The Kier molecular flexibility index (Phi) is 7.95. The molecule has 4 nitrogen and oxygen atoms in total. The van der Waals surface area contributed by atoms with Gasteiger partial charge >= 0.3 is 0 Å². The highest BCUT2D eigenvalue weighted by Gasteiger charge is 2.42. The molecule has 27 heavy (non-hydrogen) atoms. The van der Waals surface area contributed by atoms with Crippen LogP contribution in [-0.2, 0) is 6.54 Å². The van der Waals surface area contributed by atoms with Gasteiger partial charge < -0.3 is 15.2 Å². The molecule has 2 aliphatic rings. The van der Waals surface area contributed by atoms with Crippen molar-refractivity contribution in [3.05, 3.63) is 60.2 Å². The molecule has 0 aliphatic carbocycles. The fourth-order valence-corrected chi connectivity index (χ4v) is 3.98. The van der Waals surface area contributed by atoms with Crippen LogP contribution in [0.1, 0.15) is 18.4 Å². The molecule has 2 aromatic rings. The predicted molar refractivity (Wildman–Crippen MR) is 113 cm³/mol. The summed E-state index contributed by atoms with van der Waals surface area (Å²) < 4.78 is 5.85. The lowest BCUT2D eigenvalue weighted by Crippen LogP contribution is -2.58. The van der Waals surface area contributed by atoms with Gasteiger partial charge in [0.15, 0.2) is 0 Å². The monoisotopic (exact) mass is 410 g/mol. The van der Waals surface area contributed by atoms with Crippen LogP contribution in [0.15, 0.2) is 54.6 Å². The second kappa shape index (κ2) is 9.76. The Hall–Kier alpha value is -1.30. The Bertz CT molecular complexity index is 699. The van der Waals surface area contributed by atoms with Crippen LogP contribution >= 0.6 is 24.8 Å². The zero-order valence-corrected chi connectivity index (χ0v) is 17.0. The van der Waals surface area contributed by atoms with Gasteiger partial charge in [-0.25, -0.2) is 0 Å². The molecule has 0 unspecified atom stereocenters. The summed E-state index contributed by atoms with van der Waals surface area (Å²) in [5.41, 5.74) is 0.837. The largest absolute Gasteiger partial charge is 0.457 e.